The zero-order valence-corrected chi connectivity index (χ0v) is 8.08. The average molecular weight is 174 g/mol. The van der Waals surface area contributed by atoms with Crippen LogP contribution in [-0.4, -0.2) is 7.11 Å². The van der Waals surface area contributed by atoms with Crippen LogP contribution in [0.1, 0.15) is 24.0 Å². The summed E-state index contributed by atoms with van der Waals surface area (Å²) >= 11 is 0. The van der Waals surface area contributed by atoms with E-state index < -0.39 is 0 Å². The van der Waals surface area contributed by atoms with Crippen LogP contribution in [0.2, 0.25) is 0 Å². The Labute approximate surface area is 79.7 Å². The molecule has 0 radical (unpaired) electrons. The summed E-state index contributed by atoms with van der Waals surface area (Å²) in [5, 5.41) is 0. The molecule has 1 aromatic rings. The van der Waals surface area contributed by atoms with Gasteiger partial charge in [-0.05, 0) is 18.1 Å². The predicted octanol–water partition coefficient (Wildman–Crippen LogP) is 2.57. The number of terminal acetylenes is 1. The molecule has 0 spiro atoms. The van der Waals surface area contributed by atoms with Gasteiger partial charge in [-0.1, -0.05) is 30.2 Å². The largest absolute Gasteiger partial charge is 0.380 e. The van der Waals surface area contributed by atoms with Crippen LogP contribution >= 0.6 is 0 Å². The quantitative estimate of drug-likeness (QED) is 0.640. The van der Waals surface area contributed by atoms with Crippen LogP contribution in [0.5, 0.6) is 0 Å². The molecule has 0 aromatic heterocycles. The summed E-state index contributed by atoms with van der Waals surface area (Å²) in [5.41, 5.74) is 2.36. The highest BCUT2D eigenvalue weighted by atomic mass is 16.5. The van der Waals surface area contributed by atoms with Crippen LogP contribution in [-0.2, 0) is 11.3 Å². The molecule has 0 saturated carbocycles. The Kier molecular flexibility index (Phi) is 3.54. The fraction of sp³-hybridized carbons (Fsp3) is 0.333. The lowest BCUT2D eigenvalue weighted by Gasteiger charge is -2.05. The summed E-state index contributed by atoms with van der Waals surface area (Å²) in [6, 6.07) is 8.21. The van der Waals surface area contributed by atoms with Crippen molar-refractivity contribution < 1.29 is 4.74 Å². The highest BCUT2D eigenvalue weighted by Crippen LogP contribution is 2.14. The number of methoxy groups -OCH3 is 1. The van der Waals surface area contributed by atoms with Gasteiger partial charge < -0.3 is 4.74 Å². The summed E-state index contributed by atoms with van der Waals surface area (Å²) in [7, 11) is 1.69. The van der Waals surface area contributed by atoms with Crippen molar-refractivity contribution in [1.29, 1.82) is 0 Å². The number of hydrogen-bond acceptors (Lipinski definition) is 1. The molecule has 0 bridgehead atoms. The Balaban J connectivity index is 2.76. The van der Waals surface area contributed by atoms with Gasteiger partial charge >= 0.3 is 0 Å². The van der Waals surface area contributed by atoms with Crippen molar-refractivity contribution >= 4 is 0 Å². The third-order valence-electron chi connectivity index (χ3n) is 2.04. The molecule has 1 heteroatoms. The average Bonchev–Trinajstić information content (AvgIpc) is 2.18. The van der Waals surface area contributed by atoms with E-state index in [0.717, 1.165) is 0 Å². The monoisotopic (exact) mass is 174 g/mol. The van der Waals surface area contributed by atoms with Crippen molar-refractivity contribution in [3.8, 4) is 12.3 Å². The van der Waals surface area contributed by atoms with Crippen LogP contribution in [0.25, 0.3) is 0 Å². The normalized spacial score (nSPS) is 12.1. The Morgan fingerprint density at radius 1 is 1.38 bits per heavy atom. The summed E-state index contributed by atoms with van der Waals surface area (Å²) in [5.74, 6) is 2.89. The minimum atomic E-state index is 0.191. The maximum Gasteiger partial charge on any atom is 0.0713 e. The van der Waals surface area contributed by atoms with Crippen molar-refractivity contribution in [3.05, 3.63) is 35.4 Å². The van der Waals surface area contributed by atoms with Crippen LogP contribution in [0.4, 0.5) is 0 Å². The SMILES string of the molecule is C#CC(C)c1ccc(COC)cc1. The summed E-state index contributed by atoms with van der Waals surface area (Å²) < 4.78 is 5.01. The smallest absolute Gasteiger partial charge is 0.0713 e. The molecule has 0 aliphatic carbocycles. The molecule has 1 nitrogen and oxygen atoms in total. The van der Waals surface area contributed by atoms with Gasteiger partial charge in [0.15, 0.2) is 0 Å². The molecule has 0 N–H and O–H groups in total. The van der Waals surface area contributed by atoms with E-state index in [1.165, 1.54) is 11.1 Å². The predicted molar refractivity (Wildman–Crippen MR) is 54.4 cm³/mol. The van der Waals surface area contributed by atoms with E-state index in [1.807, 2.05) is 19.1 Å². The highest BCUT2D eigenvalue weighted by molar-refractivity contribution is 5.28. The van der Waals surface area contributed by atoms with Gasteiger partial charge in [0.2, 0.25) is 0 Å². The van der Waals surface area contributed by atoms with Crippen molar-refractivity contribution in [2.45, 2.75) is 19.4 Å². The fourth-order valence-corrected chi connectivity index (χ4v) is 1.17. The van der Waals surface area contributed by atoms with Gasteiger partial charge in [0.05, 0.1) is 6.61 Å². The highest BCUT2D eigenvalue weighted by Gasteiger charge is 2.00. The van der Waals surface area contributed by atoms with Gasteiger partial charge in [-0.25, -0.2) is 0 Å². The molecule has 0 aliphatic rings. The van der Waals surface area contributed by atoms with E-state index >= 15 is 0 Å². The maximum atomic E-state index is 5.33. The second kappa shape index (κ2) is 4.69. The van der Waals surface area contributed by atoms with Crippen LogP contribution in [0, 0.1) is 12.3 Å². The second-order valence-electron chi connectivity index (χ2n) is 3.06. The van der Waals surface area contributed by atoms with Gasteiger partial charge in [-0.15, -0.1) is 6.42 Å². The first-order chi connectivity index (χ1) is 6.27. The Morgan fingerprint density at radius 3 is 2.46 bits per heavy atom. The summed E-state index contributed by atoms with van der Waals surface area (Å²) in [6.07, 6.45) is 5.33. The zero-order chi connectivity index (χ0) is 9.68. The minimum Gasteiger partial charge on any atom is -0.380 e. The molecular weight excluding hydrogens is 160 g/mol. The molecule has 0 aliphatic heterocycles. The standard InChI is InChI=1S/C12H14O/c1-4-10(2)12-7-5-11(6-8-12)9-13-3/h1,5-8,10H,9H2,2-3H3. The Hall–Kier alpha value is -1.26. The first kappa shape index (κ1) is 9.83. The molecule has 68 valence electrons. The van der Waals surface area contributed by atoms with Crippen molar-refractivity contribution in [2.75, 3.05) is 7.11 Å². The molecule has 0 fully saturated rings. The number of ether oxygens (including phenoxy) is 1. The van der Waals surface area contributed by atoms with Crippen molar-refractivity contribution in [3.63, 3.8) is 0 Å². The van der Waals surface area contributed by atoms with Gasteiger partial charge in [-0.3, -0.25) is 0 Å². The third kappa shape index (κ3) is 2.61. The fourth-order valence-electron chi connectivity index (χ4n) is 1.17. The third-order valence-corrected chi connectivity index (χ3v) is 2.04. The number of rotatable bonds is 3. The van der Waals surface area contributed by atoms with E-state index in [9.17, 15) is 0 Å². The molecule has 13 heavy (non-hydrogen) atoms. The Bertz CT molecular complexity index is 292. The molecule has 0 amide bonds. The molecular formula is C12H14O. The lowest BCUT2D eigenvalue weighted by atomic mass is 10.0. The topological polar surface area (TPSA) is 9.23 Å². The van der Waals surface area contributed by atoms with Gasteiger partial charge in [-0.2, -0.15) is 0 Å². The second-order valence-corrected chi connectivity index (χ2v) is 3.06. The zero-order valence-electron chi connectivity index (χ0n) is 8.08. The van der Waals surface area contributed by atoms with E-state index in [4.69, 9.17) is 11.2 Å². The lowest BCUT2D eigenvalue weighted by Crippen LogP contribution is -1.91. The van der Waals surface area contributed by atoms with Crippen molar-refractivity contribution in [1.82, 2.24) is 0 Å². The van der Waals surface area contributed by atoms with Crippen LogP contribution < -0.4 is 0 Å². The lowest BCUT2D eigenvalue weighted by molar-refractivity contribution is 0.185. The first-order valence-corrected chi connectivity index (χ1v) is 4.32. The molecule has 1 rings (SSSR count). The summed E-state index contributed by atoms with van der Waals surface area (Å²) in [6.45, 7) is 2.68. The molecule has 0 saturated heterocycles. The minimum absolute atomic E-state index is 0.191. The van der Waals surface area contributed by atoms with E-state index in [2.05, 4.69) is 18.1 Å². The van der Waals surface area contributed by atoms with E-state index in [-0.39, 0.29) is 5.92 Å². The number of hydrogen-bond donors (Lipinski definition) is 0. The van der Waals surface area contributed by atoms with Crippen LogP contribution in [0.15, 0.2) is 24.3 Å². The molecule has 1 unspecified atom stereocenters. The molecule has 1 atom stereocenters. The Morgan fingerprint density at radius 2 is 2.00 bits per heavy atom. The molecule has 1 aromatic carbocycles. The van der Waals surface area contributed by atoms with Crippen molar-refractivity contribution in [2.24, 2.45) is 0 Å². The first-order valence-electron chi connectivity index (χ1n) is 4.32. The van der Waals surface area contributed by atoms with Gasteiger partial charge in [0.25, 0.3) is 0 Å². The van der Waals surface area contributed by atoms with Gasteiger partial charge in [0, 0.05) is 13.0 Å². The number of benzene rings is 1. The van der Waals surface area contributed by atoms with Gasteiger partial charge in [0.1, 0.15) is 0 Å². The van der Waals surface area contributed by atoms with E-state index in [0.29, 0.717) is 6.61 Å². The molecule has 0 heterocycles. The summed E-state index contributed by atoms with van der Waals surface area (Å²) in [4.78, 5) is 0. The maximum absolute atomic E-state index is 5.33. The van der Waals surface area contributed by atoms with E-state index in [1.54, 1.807) is 7.11 Å². The van der Waals surface area contributed by atoms with Crippen LogP contribution in [0.3, 0.4) is 0 Å².